The number of hydrogen-bond donors (Lipinski definition) is 1. The van der Waals surface area contributed by atoms with Gasteiger partial charge in [-0.25, -0.2) is 12.8 Å². The Kier molecular flexibility index (Phi) is 5.34. The van der Waals surface area contributed by atoms with Crippen molar-refractivity contribution in [3.05, 3.63) is 26.9 Å². The molecule has 3 rings (SSSR count). The summed E-state index contributed by atoms with van der Waals surface area (Å²) in [5.41, 5.74) is 0. The minimum Gasteiger partial charge on any atom is -0.353 e. The summed E-state index contributed by atoms with van der Waals surface area (Å²) >= 11 is 6.26. The average molecular weight is 484 g/mol. The van der Waals surface area contributed by atoms with E-state index in [-0.39, 0.29) is 38.3 Å². The highest BCUT2D eigenvalue weighted by Crippen LogP contribution is 2.35. The minimum atomic E-state index is -3.83. The Morgan fingerprint density at radius 3 is 2.42 bits per heavy atom. The fraction of sp³-hybridized carbons (Fsp3) is 0.533. The van der Waals surface area contributed by atoms with E-state index >= 15 is 0 Å². The molecule has 1 atom stereocenters. The summed E-state index contributed by atoms with van der Waals surface area (Å²) in [6.07, 6.45) is 3.29. The molecule has 2 fully saturated rings. The van der Waals surface area contributed by atoms with E-state index in [4.69, 9.17) is 0 Å². The van der Waals surface area contributed by atoms with Gasteiger partial charge in [0.15, 0.2) is 0 Å². The van der Waals surface area contributed by atoms with Crippen LogP contribution in [0.5, 0.6) is 0 Å². The third kappa shape index (κ3) is 3.84. The molecule has 1 saturated carbocycles. The van der Waals surface area contributed by atoms with Gasteiger partial charge in [-0.2, -0.15) is 4.31 Å². The molecule has 132 valence electrons. The molecule has 1 saturated heterocycles. The summed E-state index contributed by atoms with van der Waals surface area (Å²) in [6.45, 7) is 0.503. The van der Waals surface area contributed by atoms with Crippen LogP contribution in [0.2, 0.25) is 0 Å². The van der Waals surface area contributed by atoms with Crippen LogP contribution in [-0.2, 0) is 14.8 Å². The van der Waals surface area contributed by atoms with Gasteiger partial charge in [-0.1, -0.05) is 0 Å². The molecule has 24 heavy (non-hydrogen) atoms. The van der Waals surface area contributed by atoms with Crippen molar-refractivity contribution in [2.45, 2.75) is 36.6 Å². The number of amides is 1. The molecule has 1 aliphatic carbocycles. The van der Waals surface area contributed by atoms with Crippen LogP contribution in [0.25, 0.3) is 0 Å². The number of nitrogens with one attached hydrogen (secondary N) is 1. The summed E-state index contributed by atoms with van der Waals surface area (Å²) in [6, 6.07) is 2.50. The molecular weight excluding hydrogens is 467 g/mol. The number of carbonyl (C=O) groups excluding carboxylic acids is 1. The van der Waals surface area contributed by atoms with Gasteiger partial charge < -0.3 is 5.32 Å². The van der Waals surface area contributed by atoms with Gasteiger partial charge in [-0.3, -0.25) is 4.79 Å². The van der Waals surface area contributed by atoms with Crippen LogP contribution in [0.1, 0.15) is 25.7 Å². The van der Waals surface area contributed by atoms with E-state index < -0.39 is 15.8 Å². The zero-order valence-electron chi connectivity index (χ0n) is 12.8. The van der Waals surface area contributed by atoms with Crippen LogP contribution in [-0.4, -0.2) is 37.8 Å². The predicted molar refractivity (Wildman–Crippen MR) is 94.4 cm³/mol. The molecule has 2 aliphatic rings. The lowest BCUT2D eigenvalue weighted by molar-refractivity contribution is -0.126. The molecule has 1 aromatic carbocycles. The fourth-order valence-electron chi connectivity index (χ4n) is 2.83. The van der Waals surface area contributed by atoms with Gasteiger partial charge in [0, 0.05) is 28.1 Å². The first-order chi connectivity index (χ1) is 11.3. The Balaban J connectivity index is 1.82. The van der Waals surface area contributed by atoms with Crippen molar-refractivity contribution in [3.63, 3.8) is 0 Å². The summed E-state index contributed by atoms with van der Waals surface area (Å²) in [5.74, 6) is -0.949. The number of piperidine rings is 1. The van der Waals surface area contributed by atoms with E-state index in [0.717, 1.165) is 25.0 Å². The smallest absolute Gasteiger partial charge is 0.245 e. The van der Waals surface area contributed by atoms with Crippen molar-refractivity contribution in [2.24, 2.45) is 5.92 Å². The summed E-state index contributed by atoms with van der Waals surface area (Å²) in [5, 5.41) is 2.94. The molecule has 9 heteroatoms. The van der Waals surface area contributed by atoms with E-state index in [1.165, 1.54) is 4.31 Å². The maximum Gasteiger partial charge on any atom is 0.245 e. The SMILES string of the molecule is O=C(NC1CC1)C1CCCN(S(=O)(=O)c2c(Br)cc(F)cc2Br)C1. The molecule has 1 unspecified atom stereocenters. The molecule has 1 amide bonds. The lowest BCUT2D eigenvalue weighted by atomic mass is 9.99. The lowest BCUT2D eigenvalue weighted by Gasteiger charge is -2.31. The van der Waals surface area contributed by atoms with Gasteiger partial charge >= 0.3 is 0 Å². The van der Waals surface area contributed by atoms with Crippen LogP contribution in [0.3, 0.4) is 0 Å². The number of hydrogen-bond acceptors (Lipinski definition) is 3. The highest BCUT2D eigenvalue weighted by Gasteiger charge is 2.36. The number of nitrogens with zero attached hydrogens (tertiary/aromatic N) is 1. The summed E-state index contributed by atoms with van der Waals surface area (Å²) in [4.78, 5) is 12.2. The molecule has 0 aromatic heterocycles. The second-order valence-electron chi connectivity index (χ2n) is 6.18. The second kappa shape index (κ2) is 7.01. The van der Waals surface area contributed by atoms with Gasteiger partial charge in [0.25, 0.3) is 0 Å². The van der Waals surface area contributed by atoms with Gasteiger partial charge in [0.05, 0.1) is 5.92 Å². The van der Waals surface area contributed by atoms with Crippen molar-refractivity contribution >= 4 is 47.8 Å². The summed E-state index contributed by atoms with van der Waals surface area (Å²) in [7, 11) is -3.83. The van der Waals surface area contributed by atoms with Crippen molar-refractivity contribution in [1.29, 1.82) is 0 Å². The first-order valence-electron chi connectivity index (χ1n) is 7.74. The van der Waals surface area contributed by atoms with Crippen LogP contribution in [0, 0.1) is 11.7 Å². The van der Waals surface area contributed by atoms with E-state index in [1.54, 1.807) is 0 Å². The predicted octanol–water partition coefficient (Wildman–Crippen LogP) is 3.03. The third-order valence-corrected chi connectivity index (χ3v) is 7.98. The van der Waals surface area contributed by atoms with Crippen molar-refractivity contribution in [3.8, 4) is 0 Å². The monoisotopic (exact) mass is 482 g/mol. The number of benzene rings is 1. The lowest BCUT2D eigenvalue weighted by Crippen LogP contribution is -2.45. The average Bonchev–Trinajstić information content (AvgIpc) is 3.30. The molecule has 5 nitrogen and oxygen atoms in total. The maximum absolute atomic E-state index is 13.4. The quantitative estimate of drug-likeness (QED) is 0.715. The topological polar surface area (TPSA) is 66.5 Å². The van der Waals surface area contributed by atoms with Crippen molar-refractivity contribution in [2.75, 3.05) is 13.1 Å². The maximum atomic E-state index is 13.4. The molecule has 1 N–H and O–H groups in total. The van der Waals surface area contributed by atoms with Gasteiger partial charge in [0.2, 0.25) is 15.9 Å². The molecule has 0 radical (unpaired) electrons. The number of rotatable bonds is 4. The van der Waals surface area contributed by atoms with E-state index in [9.17, 15) is 17.6 Å². The van der Waals surface area contributed by atoms with E-state index in [2.05, 4.69) is 37.2 Å². The molecule has 1 aromatic rings. The number of halogens is 3. The summed E-state index contributed by atoms with van der Waals surface area (Å²) < 4.78 is 41.0. The second-order valence-corrected chi connectivity index (χ2v) is 9.77. The molecule has 1 aliphatic heterocycles. The Labute approximate surface area is 157 Å². The molecule has 0 bridgehead atoms. The van der Waals surface area contributed by atoms with Crippen LogP contribution in [0.4, 0.5) is 4.39 Å². The van der Waals surface area contributed by atoms with Gasteiger partial charge in [-0.05, 0) is 69.7 Å². The normalized spacial score (nSPS) is 22.4. The standard InChI is InChI=1S/C15H17Br2FN2O3S/c16-12-6-10(18)7-13(17)14(12)24(22,23)20-5-1-2-9(8-20)15(21)19-11-3-4-11/h6-7,9,11H,1-5,8H2,(H,19,21). The Morgan fingerprint density at radius 2 is 1.83 bits per heavy atom. The fourth-order valence-corrected chi connectivity index (χ4v) is 6.80. The number of carbonyl (C=O) groups is 1. The first-order valence-corrected chi connectivity index (χ1v) is 10.8. The molecular formula is C15H17Br2FN2O3S. The van der Waals surface area contributed by atoms with Crippen LogP contribution < -0.4 is 5.32 Å². The zero-order valence-corrected chi connectivity index (χ0v) is 16.8. The molecule has 0 spiro atoms. The van der Waals surface area contributed by atoms with E-state index in [1.807, 2.05) is 0 Å². The van der Waals surface area contributed by atoms with Crippen LogP contribution >= 0.6 is 31.9 Å². The Hall–Kier alpha value is -0.510. The number of sulfonamides is 1. The van der Waals surface area contributed by atoms with Crippen molar-refractivity contribution < 1.29 is 17.6 Å². The van der Waals surface area contributed by atoms with Gasteiger partial charge in [0.1, 0.15) is 10.7 Å². The minimum absolute atomic E-state index is 0.00727. The third-order valence-electron chi connectivity index (χ3n) is 4.24. The van der Waals surface area contributed by atoms with E-state index in [0.29, 0.717) is 19.4 Å². The largest absolute Gasteiger partial charge is 0.353 e. The Morgan fingerprint density at radius 1 is 1.21 bits per heavy atom. The molecule has 1 heterocycles. The zero-order chi connectivity index (χ0) is 17.5. The van der Waals surface area contributed by atoms with Crippen molar-refractivity contribution in [1.82, 2.24) is 9.62 Å². The van der Waals surface area contributed by atoms with Crippen LogP contribution in [0.15, 0.2) is 26.0 Å². The highest BCUT2D eigenvalue weighted by molar-refractivity contribution is 9.11. The first kappa shape index (κ1) is 18.3. The highest BCUT2D eigenvalue weighted by atomic mass is 79.9. The van der Waals surface area contributed by atoms with Gasteiger partial charge in [-0.15, -0.1) is 0 Å². The Bertz CT molecular complexity index is 745.